The number of nitrogens with one attached hydrogen (secondary N) is 1. The summed E-state index contributed by atoms with van der Waals surface area (Å²) >= 11 is 0. The van der Waals surface area contributed by atoms with Crippen LogP contribution in [0.25, 0.3) is 11.4 Å². The van der Waals surface area contributed by atoms with Crippen molar-refractivity contribution in [1.82, 2.24) is 14.9 Å². The van der Waals surface area contributed by atoms with E-state index in [9.17, 15) is 9.90 Å². The van der Waals surface area contributed by atoms with Crippen LogP contribution in [-0.4, -0.2) is 58.3 Å². The highest BCUT2D eigenvalue weighted by Gasteiger charge is 2.23. The summed E-state index contributed by atoms with van der Waals surface area (Å²) in [5, 5.41) is 13.2. The van der Waals surface area contributed by atoms with Gasteiger partial charge in [-0.15, -0.1) is 0 Å². The molecule has 4 rings (SSSR count). The van der Waals surface area contributed by atoms with Crippen molar-refractivity contribution in [2.45, 2.75) is 39.3 Å². The number of rotatable bonds is 10. The lowest BCUT2D eigenvalue weighted by atomic mass is 10.0. The van der Waals surface area contributed by atoms with Crippen molar-refractivity contribution in [2.75, 3.05) is 31.6 Å². The molecule has 0 aliphatic carbocycles. The van der Waals surface area contributed by atoms with Crippen LogP contribution in [0.4, 0.5) is 5.69 Å². The fourth-order valence-corrected chi connectivity index (χ4v) is 4.35. The first-order valence-electron chi connectivity index (χ1n) is 12.1. The second kappa shape index (κ2) is 11.7. The Morgan fingerprint density at radius 3 is 2.17 bits per heavy atom. The van der Waals surface area contributed by atoms with E-state index in [2.05, 4.69) is 20.2 Å². The van der Waals surface area contributed by atoms with Gasteiger partial charge in [0.2, 0.25) is 0 Å². The Kier molecular flexibility index (Phi) is 8.15. The Bertz CT molecular complexity index is 1090. The first kappa shape index (κ1) is 24.5. The smallest absolute Gasteiger partial charge is 0.343 e. The number of anilines is 1. The number of hydrogen-bond donors (Lipinski definition) is 2. The highest BCUT2D eigenvalue weighted by Crippen LogP contribution is 2.32. The quantitative estimate of drug-likeness (QED) is 0.434. The molecule has 0 radical (unpaired) electrons. The molecule has 184 valence electrons. The summed E-state index contributed by atoms with van der Waals surface area (Å²) in [6.07, 6.45) is 5.67. The Morgan fingerprint density at radius 1 is 1.03 bits per heavy atom. The van der Waals surface area contributed by atoms with Gasteiger partial charge in [0.1, 0.15) is 17.1 Å². The molecule has 0 spiro atoms. The molecule has 0 atom stereocenters. The summed E-state index contributed by atoms with van der Waals surface area (Å²) in [6, 6.07) is 13.9. The number of nitrogens with zero attached hydrogens (tertiary/aromatic N) is 3. The van der Waals surface area contributed by atoms with Crippen molar-refractivity contribution in [2.24, 2.45) is 0 Å². The van der Waals surface area contributed by atoms with Crippen LogP contribution >= 0.6 is 0 Å². The van der Waals surface area contributed by atoms with E-state index in [4.69, 9.17) is 9.47 Å². The molecule has 1 saturated heterocycles. The fourth-order valence-electron chi connectivity index (χ4n) is 4.35. The molecule has 1 aliphatic heterocycles. The zero-order valence-electron chi connectivity index (χ0n) is 20.2. The summed E-state index contributed by atoms with van der Waals surface area (Å²) < 4.78 is 11.3. The van der Waals surface area contributed by atoms with Gasteiger partial charge in [0.25, 0.3) is 0 Å². The van der Waals surface area contributed by atoms with Gasteiger partial charge in [0, 0.05) is 31.2 Å². The van der Waals surface area contributed by atoms with E-state index in [-0.39, 0.29) is 5.56 Å². The van der Waals surface area contributed by atoms with Gasteiger partial charge in [-0.05, 0) is 44.4 Å². The van der Waals surface area contributed by atoms with E-state index in [1.165, 1.54) is 0 Å². The van der Waals surface area contributed by atoms with Gasteiger partial charge in [-0.1, -0.05) is 30.3 Å². The first-order valence-corrected chi connectivity index (χ1v) is 12.1. The molecule has 0 saturated carbocycles. The van der Waals surface area contributed by atoms with Gasteiger partial charge in [0.05, 0.1) is 31.3 Å². The molecule has 0 unspecified atom stereocenters. The molecule has 2 N–H and O–H groups in total. The maximum Gasteiger partial charge on any atom is 0.343 e. The lowest BCUT2D eigenvalue weighted by Gasteiger charge is -2.33. The Hall–Kier alpha value is -3.65. The Balaban J connectivity index is 1.35. The Morgan fingerprint density at radius 2 is 1.63 bits per heavy atom. The maximum absolute atomic E-state index is 11.8. The molecule has 0 bridgehead atoms. The van der Waals surface area contributed by atoms with E-state index in [1.54, 1.807) is 0 Å². The molecule has 35 heavy (non-hydrogen) atoms. The maximum atomic E-state index is 11.8. The summed E-state index contributed by atoms with van der Waals surface area (Å²) in [4.78, 5) is 23.2. The van der Waals surface area contributed by atoms with Crippen molar-refractivity contribution in [3.8, 4) is 22.9 Å². The molecule has 0 amide bonds. The third-order valence-electron chi connectivity index (χ3n) is 5.99. The van der Waals surface area contributed by atoms with E-state index in [0.29, 0.717) is 37.3 Å². The van der Waals surface area contributed by atoms with Gasteiger partial charge >= 0.3 is 5.97 Å². The predicted octanol–water partition coefficient (Wildman–Crippen LogP) is 4.72. The molecule has 8 heteroatoms. The number of aromatic nitrogens is 2. The summed E-state index contributed by atoms with van der Waals surface area (Å²) in [7, 11) is 0. The molecule has 2 aromatic carbocycles. The molecule has 8 nitrogen and oxygen atoms in total. The number of likely N-dealkylation sites (tertiary alicyclic amines) is 1. The van der Waals surface area contributed by atoms with E-state index >= 15 is 0 Å². The Labute approximate surface area is 205 Å². The first-order chi connectivity index (χ1) is 17.1. The predicted molar refractivity (Wildman–Crippen MR) is 135 cm³/mol. The minimum atomic E-state index is -1.05. The number of hydrogen-bond acceptors (Lipinski definition) is 7. The number of carbonyl (C=O) groups is 1. The average Bonchev–Trinajstić information content (AvgIpc) is 2.86. The minimum absolute atomic E-state index is 0.0841. The van der Waals surface area contributed by atoms with Crippen LogP contribution in [0.5, 0.6) is 11.5 Å². The average molecular weight is 477 g/mol. The molecule has 1 fully saturated rings. The zero-order chi connectivity index (χ0) is 24.6. The number of carboxylic acids is 1. The molecule has 2 heterocycles. The van der Waals surface area contributed by atoms with Crippen molar-refractivity contribution in [3.05, 3.63) is 66.0 Å². The van der Waals surface area contributed by atoms with Gasteiger partial charge in [0.15, 0.2) is 5.82 Å². The van der Waals surface area contributed by atoms with Gasteiger partial charge < -0.3 is 19.9 Å². The van der Waals surface area contributed by atoms with Crippen molar-refractivity contribution in [1.29, 1.82) is 0 Å². The monoisotopic (exact) mass is 476 g/mol. The van der Waals surface area contributed by atoms with Gasteiger partial charge in [-0.25, -0.2) is 14.8 Å². The second-order valence-electron chi connectivity index (χ2n) is 8.49. The number of ether oxygens (including phenoxy) is 2. The van der Waals surface area contributed by atoms with E-state index in [0.717, 1.165) is 48.6 Å². The molecule has 3 aromatic rings. The molecular formula is C27H32N4O4. The van der Waals surface area contributed by atoms with Crippen LogP contribution in [0.1, 0.15) is 42.6 Å². The van der Waals surface area contributed by atoms with Crippen molar-refractivity contribution < 1.29 is 19.4 Å². The number of aromatic carboxylic acids is 1. The lowest BCUT2D eigenvalue weighted by molar-refractivity contribution is 0.0687. The fraction of sp³-hybridized carbons (Fsp3) is 0.370. The largest absolute Gasteiger partial charge is 0.493 e. The van der Waals surface area contributed by atoms with Crippen LogP contribution in [0.15, 0.2) is 54.9 Å². The van der Waals surface area contributed by atoms with Gasteiger partial charge in [-0.2, -0.15) is 0 Å². The van der Waals surface area contributed by atoms with Crippen molar-refractivity contribution >= 4 is 11.7 Å². The zero-order valence-corrected chi connectivity index (χ0v) is 20.2. The molecule has 1 aromatic heterocycles. The number of piperidine rings is 1. The third-order valence-corrected chi connectivity index (χ3v) is 5.99. The summed E-state index contributed by atoms with van der Waals surface area (Å²) in [6.45, 7) is 7.03. The normalized spacial score (nSPS) is 14.5. The van der Waals surface area contributed by atoms with Crippen LogP contribution in [-0.2, 0) is 6.54 Å². The number of carboxylic acid groups (broad SMARTS) is 1. The van der Waals surface area contributed by atoms with Crippen LogP contribution < -0.4 is 14.8 Å². The van der Waals surface area contributed by atoms with Crippen LogP contribution in [0, 0.1) is 0 Å². The van der Waals surface area contributed by atoms with E-state index in [1.807, 2.05) is 68.7 Å². The lowest BCUT2D eigenvalue weighted by Crippen LogP contribution is -2.38. The SMILES string of the molecule is CCOc1cc(CN2CCC(Nc3cnc(-c4ccccc4)nc3)CC2)cc(OCC)c1C(=O)O. The minimum Gasteiger partial charge on any atom is -0.493 e. The van der Waals surface area contributed by atoms with Crippen LogP contribution in [0.3, 0.4) is 0 Å². The van der Waals surface area contributed by atoms with Gasteiger partial charge in [-0.3, -0.25) is 4.90 Å². The topological polar surface area (TPSA) is 96.8 Å². The summed E-state index contributed by atoms with van der Waals surface area (Å²) in [5.41, 5.74) is 3.00. The molecule has 1 aliphatic rings. The molecular weight excluding hydrogens is 444 g/mol. The third kappa shape index (κ3) is 6.27. The number of benzene rings is 2. The standard InChI is InChI=1S/C27H32N4O4/c1-3-34-23-14-19(15-24(35-4-2)25(23)27(32)33)18-31-12-10-21(11-13-31)30-22-16-28-26(29-17-22)20-8-6-5-7-9-20/h5-9,14-17,21,30H,3-4,10-13,18H2,1-2H3,(H,32,33). The highest BCUT2D eigenvalue weighted by molar-refractivity contribution is 5.94. The van der Waals surface area contributed by atoms with Crippen LogP contribution in [0.2, 0.25) is 0 Å². The second-order valence-corrected chi connectivity index (χ2v) is 8.49. The van der Waals surface area contributed by atoms with E-state index < -0.39 is 5.97 Å². The summed E-state index contributed by atoms with van der Waals surface area (Å²) in [5.74, 6) is 0.391. The highest BCUT2D eigenvalue weighted by atomic mass is 16.5. The van der Waals surface area contributed by atoms with Crippen molar-refractivity contribution in [3.63, 3.8) is 0 Å².